The number of esters is 1. The highest BCUT2D eigenvalue weighted by atomic mass is 19.1. The lowest BCUT2D eigenvalue weighted by molar-refractivity contribution is -0.135. The molecule has 0 radical (unpaired) electrons. The van der Waals surface area contributed by atoms with Crippen LogP contribution in [0.2, 0.25) is 0 Å². The van der Waals surface area contributed by atoms with Gasteiger partial charge in [0.2, 0.25) is 5.91 Å². The van der Waals surface area contributed by atoms with Crippen LogP contribution in [-0.4, -0.2) is 50.1 Å². The van der Waals surface area contributed by atoms with Crippen molar-refractivity contribution in [2.75, 3.05) is 32.7 Å². The van der Waals surface area contributed by atoms with E-state index in [0.717, 1.165) is 6.42 Å². The normalized spacial score (nSPS) is 16.4. The molecule has 182 valence electrons. The summed E-state index contributed by atoms with van der Waals surface area (Å²) in [7, 11) is 2.87. The summed E-state index contributed by atoms with van der Waals surface area (Å²) in [4.78, 5) is 39.5. The fourth-order valence-corrected chi connectivity index (χ4v) is 3.59. The van der Waals surface area contributed by atoms with Crippen molar-refractivity contribution in [1.29, 1.82) is 0 Å². The van der Waals surface area contributed by atoms with Gasteiger partial charge in [-0.15, -0.1) is 0 Å². The standard InChI is InChI=1S/C25H29FN2O6/c1-5-28(13-16-7-6-8-17(26)10-16)23(29)14-34-25(31)19-11-21(32-3)22(33-4)12-20(19)27-24(30)18-9-15(18)2/h6-8,10-12,15,18H,5,9,13-14H2,1-4H3,(H,27,30). The van der Waals surface area contributed by atoms with Crippen LogP contribution in [0.5, 0.6) is 11.5 Å². The predicted octanol–water partition coefficient (Wildman–Crippen LogP) is 3.64. The van der Waals surface area contributed by atoms with E-state index < -0.39 is 24.3 Å². The Morgan fingerprint density at radius 2 is 1.79 bits per heavy atom. The largest absolute Gasteiger partial charge is 0.493 e. The highest BCUT2D eigenvalue weighted by molar-refractivity contribution is 6.03. The Labute approximate surface area is 198 Å². The second kappa shape index (κ2) is 11.0. The molecule has 1 N–H and O–H groups in total. The van der Waals surface area contributed by atoms with Gasteiger partial charge in [-0.25, -0.2) is 9.18 Å². The number of rotatable bonds is 10. The summed E-state index contributed by atoms with van der Waals surface area (Å²) in [5, 5.41) is 2.76. The Hall–Kier alpha value is -3.62. The van der Waals surface area contributed by atoms with Crippen LogP contribution in [0.1, 0.15) is 36.2 Å². The van der Waals surface area contributed by atoms with Gasteiger partial charge in [0.25, 0.3) is 5.91 Å². The van der Waals surface area contributed by atoms with E-state index in [9.17, 15) is 18.8 Å². The molecule has 0 aromatic heterocycles. The Bertz CT molecular complexity index is 1070. The maximum absolute atomic E-state index is 13.5. The summed E-state index contributed by atoms with van der Waals surface area (Å²) < 4.78 is 29.3. The minimum absolute atomic E-state index is 0.0419. The van der Waals surface area contributed by atoms with E-state index in [4.69, 9.17) is 14.2 Å². The maximum atomic E-state index is 13.5. The highest BCUT2D eigenvalue weighted by Crippen LogP contribution is 2.40. The summed E-state index contributed by atoms with van der Waals surface area (Å²) in [5.74, 6) is -1.03. The van der Waals surface area contributed by atoms with Gasteiger partial charge in [-0.1, -0.05) is 19.1 Å². The molecule has 2 aromatic carbocycles. The van der Waals surface area contributed by atoms with Crippen LogP contribution in [0.4, 0.5) is 10.1 Å². The summed E-state index contributed by atoms with van der Waals surface area (Å²) in [6, 6.07) is 8.85. The number of nitrogens with one attached hydrogen (secondary N) is 1. The number of halogens is 1. The van der Waals surface area contributed by atoms with Crippen molar-refractivity contribution in [2.24, 2.45) is 11.8 Å². The first-order chi connectivity index (χ1) is 16.3. The Balaban J connectivity index is 1.73. The Morgan fingerprint density at radius 3 is 2.38 bits per heavy atom. The molecule has 9 heteroatoms. The number of methoxy groups -OCH3 is 2. The highest BCUT2D eigenvalue weighted by Gasteiger charge is 2.39. The first-order valence-corrected chi connectivity index (χ1v) is 11.0. The zero-order chi connectivity index (χ0) is 24.8. The predicted molar refractivity (Wildman–Crippen MR) is 123 cm³/mol. The smallest absolute Gasteiger partial charge is 0.340 e. The number of benzene rings is 2. The number of carbonyl (C=O) groups is 3. The van der Waals surface area contributed by atoms with Gasteiger partial charge in [0.05, 0.1) is 25.5 Å². The average molecular weight is 473 g/mol. The van der Waals surface area contributed by atoms with Gasteiger partial charge in [0.15, 0.2) is 18.1 Å². The molecule has 34 heavy (non-hydrogen) atoms. The van der Waals surface area contributed by atoms with Crippen molar-refractivity contribution < 1.29 is 33.0 Å². The lowest BCUT2D eigenvalue weighted by Crippen LogP contribution is -2.34. The Morgan fingerprint density at radius 1 is 1.12 bits per heavy atom. The van der Waals surface area contributed by atoms with Crippen LogP contribution in [0.15, 0.2) is 36.4 Å². The molecule has 0 saturated heterocycles. The second-order valence-electron chi connectivity index (χ2n) is 8.18. The van der Waals surface area contributed by atoms with Crippen LogP contribution >= 0.6 is 0 Å². The molecule has 2 aromatic rings. The van der Waals surface area contributed by atoms with E-state index in [-0.39, 0.29) is 41.3 Å². The van der Waals surface area contributed by atoms with Gasteiger partial charge in [0, 0.05) is 31.1 Å². The molecule has 1 saturated carbocycles. The molecule has 1 aliphatic rings. The third-order valence-electron chi connectivity index (χ3n) is 5.77. The van der Waals surface area contributed by atoms with E-state index >= 15 is 0 Å². The molecular formula is C25H29FN2O6. The molecule has 3 rings (SSSR count). The molecule has 0 bridgehead atoms. The summed E-state index contributed by atoms with van der Waals surface area (Å²) in [6.07, 6.45) is 0.783. The van der Waals surface area contributed by atoms with Gasteiger partial charge in [-0.2, -0.15) is 0 Å². The molecule has 1 aliphatic carbocycles. The van der Waals surface area contributed by atoms with Gasteiger partial charge in [-0.3, -0.25) is 9.59 Å². The first kappa shape index (κ1) is 25.0. The number of likely N-dealkylation sites (N-methyl/N-ethyl adjacent to an activating group) is 1. The summed E-state index contributed by atoms with van der Waals surface area (Å²) in [6.45, 7) is 3.78. The second-order valence-corrected chi connectivity index (χ2v) is 8.18. The molecule has 0 aliphatic heterocycles. The topological polar surface area (TPSA) is 94.2 Å². The number of hydrogen-bond acceptors (Lipinski definition) is 6. The zero-order valence-electron chi connectivity index (χ0n) is 19.7. The molecular weight excluding hydrogens is 443 g/mol. The fraction of sp³-hybridized carbons (Fsp3) is 0.400. The van der Waals surface area contributed by atoms with Gasteiger partial charge in [-0.05, 0) is 37.0 Å². The number of anilines is 1. The summed E-state index contributed by atoms with van der Waals surface area (Å²) in [5.41, 5.74) is 0.882. The minimum atomic E-state index is -0.796. The lowest BCUT2D eigenvalue weighted by atomic mass is 10.1. The van der Waals surface area contributed by atoms with E-state index in [1.165, 1.54) is 43.4 Å². The summed E-state index contributed by atoms with van der Waals surface area (Å²) >= 11 is 0. The molecule has 2 unspecified atom stereocenters. The third kappa shape index (κ3) is 6.03. The van der Waals surface area contributed by atoms with Crippen LogP contribution in [0, 0.1) is 17.7 Å². The van der Waals surface area contributed by atoms with Gasteiger partial charge < -0.3 is 24.4 Å². The van der Waals surface area contributed by atoms with Crippen molar-refractivity contribution >= 4 is 23.5 Å². The van der Waals surface area contributed by atoms with Crippen LogP contribution in [-0.2, 0) is 20.9 Å². The third-order valence-corrected chi connectivity index (χ3v) is 5.77. The van der Waals surface area contributed by atoms with Crippen molar-refractivity contribution in [3.8, 4) is 11.5 Å². The van der Waals surface area contributed by atoms with Gasteiger partial charge in [0.1, 0.15) is 5.82 Å². The van der Waals surface area contributed by atoms with Crippen molar-refractivity contribution in [3.63, 3.8) is 0 Å². The van der Waals surface area contributed by atoms with E-state index in [0.29, 0.717) is 17.9 Å². The van der Waals surface area contributed by atoms with Gasteiger partial charge >= 0.3 is 5.97 Å². The van der Waals surface area contributed by atoms with E-state index in [1.54, 1.807) is 19.1 Å². The quantitative estimate of drug-likeness (QED) is 0.531. The molecule has 0 spiro atoms. The molecule has 2 atom stereocenters. The average Bonchev–Trinajstić information content (AvgIpc) is 3.57. The molecule has 2 amide bonds. The maximum Gasteiger partial charge on any atom is 0.340 e. The van der Waals surface area contributed by atoms with Crippen molar-refractivity contribution in [1.82, 2.24) is 4.90 Å². The minimum Gasteiger partial charge on any atom is -0.493 e. The Kier molecular flexibility index (Phi) is 8.09. The molecule has 0 heterocycles. The van der Waals surface area contributed by atoms with E-state index in [2.05, 4.69) is 5.32 Å². The number of nitrogens with zero attached hydrogens (tertiary/aromatic N) is 1. The number of amides is 2. The first-order valence-electron chi connectivity index (χ1n) is 11.0. The van der Waals surface area contributed by atoms with E-state index in [1.807, 2.05) is 6.92 Å². The number of carbonyl (C=O) groups excluding carboxylic acids is 3. The monoisotopic (exact) mass is 472 g/mol. The van der Waals surface area contributed by atoms with Crippen molar-refractivity contribution in [2.45, 2.75) is 26.8 Å². The molecule has 1 fully saturated rings. The number of ether oxygens (including phenoxy) is 3. The van der Waals surface area contributed by atoms with Crippen molar-refractivity contribution in [3.05, 3.63) is 53.3 Å². The zero-order valence-corrected chi connectivity index (χ0v) is 19.7. The van der Waals surface area contributed by atoms with Crippen LogP contribution in [0.25, 0.3) is 0 Å². The fourth-order valence-electron chi connectivity index (χ4n) is 3.59. The SMILES string of the molecule is CCN(Cc1cccc(F)c1)C(=O)COC(=O)c1cc(OC)c(OC)cc1NC(=O)C1CC1C. The van der Waals surface area contributed by atoms with Crippen LogP contribution in [0.3, 0.4) is 0 Å². The molecule has 8 nitrogen and oxygen atoms in total. The lowest BCUT2D eigenvalue weighted by Gasteiger charge is -2.21. The van der Waals surface area contributed by atoms with Crippen LogP contribution < -0.4 is 14.8 Å². The number of hydrogen-bond donors (Lipinski definition) is 1.